The van der Waals surface area contributed by atoms with Crippen LogP contribution in [0.15, 0.2) is 59.5 Å². The van der Waals surface area contributed by atoms with Crippen molar-refractivity contribution in [3.63, 3.8) is 0 Å². The normalized spacial score (nSPS) is 25.8. The van der Waals surface area contributed by atoms with Crippen LogP contribution in [0.4, 0.5) is 0 Å². The quantitative estimate of drug-likeness (QED) is 0.563. The van der Waals surface area contributed by atoms with Gasteiger partial charge in [0, 0.05) is 17.5 Å². The summed E-state index contributed by atoms with van der Waals surface area (Å²) in [6.45, 7) is 10.9. The second-order valence-corrected chi connectivity index (χ2v) is 12.3. The highest BCUT2D eigenvalue weighted by atomic mass is 32.2. The van der Waals surface area contributed by atoms with Crippen LogP contribution in [0.3, 0.4) is 0 Å². The van der Waals surface area contributed by atoms with Crippen molar-refractivity contribution in [3.05, 3.63) is 65.7 Å². The second-order valence-electron chi connectivity index (χ2n) is 10.5. The number of nitrogens with zero attached hydrogens (tertiary/aromatic N) is 2. The van der Waals surface area contributed by atoms with Gasteiger partial charge in [-0.25, -0.2) is 8.42 Å². The molecule has 6 nitrogen and oxygen atoms in total. The lowest BCUT2D eigenvalue weighted by Crippen LogP contribution is -2.59. The molecule has 0 unspecified atom stereocenters. The summed E-state index contributed by atoms with van der Waals surface area (Å²) >= 11 is 0. The SMILES string of the molecule is Cc1ccc(S(=O)(=O)N2O[C@@H](c3ccccc3)C[C@H]2CON2C(C)(C)CCCC2(C)C)cc1. The van der Waals surface area contributed by atoms with Crippen LogP contribution in [-0.2, 0) is 19.7 Å². The molecule has 0 radical (unpaired) electrons. The van der Waals surface area contributed by atoms with Gasteiger partial charge in [-0.05, 0) is 71.6 Å². The molecule has 180 valence electrons. The fraction of sp³-hybridized carbons (Fsp3) is 0.538. The van der Waals surface area contributed by atoms with Crippen LogP contribution in [-0.4, -0.2) is 41.7 Å². The van der Waals surface area contributed by atoms with Crippen molar-refractivity contribution >= 4 is 10.0 Å². The molecule has 2 aliphatic rings. The molecule has 2 fully saturated rings. The van der Waals surface area contributed by atoms with E-state index in [1.165, 1.54) is 4.47 Å². The summed E-state index contributed by atoms with van der Waals surface area (Å²) in [5, 5.41) is 2.08. The number of hydroxylamine groups is 3. The van der Waals surface area contributed by atoms with Crippen molar-refractivity contribution in [1.82, 2.24) is 9.53 Å². The van der Waals surface area contributed by atoms with Gasteiger partial charge in [0.25, 0.3) is 10.0 Å². The first-order chi connectivity index (χ1) is 15.5. The lowest BCUT2D eigenvalue weighted by molar-refractivity contribution is -0.287. The third kappa shape index (κ3) is 5.03. The van der Waals surface area contributed by atoms with E-state index in [0.717, 1.165) is 30.4 Å². The van der Waals surface area contributed by atoms with Gasteiger partial charge in [0.15, 0.2) is 0 Å². The molecule has 33 heavy (non-hydrogen) atoms. The van der Waals surface area contributed by atoms with Gasteiger partial charge in [0.05, 0.1) is 17.5 Å². The monoisotopic (exact) mass is 472 g/mol. The minimum Gasteiger partial charge on any atom is -0.296 e. The van der Waals surface area contributed by atoms with Crippen molar-refractivity contribution in [1.29, 1.82) is 0 Å². The van der Waals surface area contributed by atoms with E-state index in [1.807, 2.05) is 49.4 Å². The molecule has 0 spiro atoms. The number of rotatable bonds is 6. The lowest BCUT2D eigenvalue weighted by Gasteiger charge is -2.51. The Bertz CT molecular complexity index is 1040. The Morgan fingerprint density at radius 2 is 1.58 bits per heavy atom. The zero-order valence-corrected chi connectivity index (χ0v) is 21.1. The second kappa shape index (κ2) is 9.12. The van der Waals surface area contributed by atoms with E-state index in [9.17, 15) is 8.42 Å². The van der Waals surface area contributed by atoms with Gasteiger partial charge in [-0.1, -0.05) is 52.5 Å². The number of hydrogen-bond acceptors (Lipinski definition) is 5. The lowest BCUT2D eigenvalue weighted by atomic mass is 9.82. The number of piperidine rings is 1. The molecule has 4 rings (SSSR count). The van der Waals surface area contributed by atoms with Crippen LogP contribution >= 0.6 is 0 Å². The minimum absolute atomic E-state index is 0.124. The predicted octanol–water partition coefficient (Wildman–Crippen LogP) is 5.41. The van der Waals surface area contributed by atoms with E-state index in [2.05, 4.69) is 32.8 Å². The minimum atomic E-state index is -3.84. The first kappa shape index (κ1) is 24.4. The molecule has 2 aromatic carbocycles. The maximum absolute atomic E-state index is 13.6. The van der Waals surface area contributed by atoms with E-state index >= 15 is 0 Å². The molecule has 2 atom stereocenters. The third-order valence-electron chi connectivity index (χ3n) is 6.82. The van der Waals surface area contributed by atoms with Gasteiger partial charge >= 0.3 is 0 Å². The molecular weight excluding hydrogens is 436 g/mol. The molecule has 0 amide bonds. The summed E-state index contributed by atoms with van der Waals surface area (Å²) in [6, 6.07) is 16.2. The molecule has 2 aromatic rings. The molecule has 0 saturated carbocycles. The molecule has 0 N–H and O–H groups in total. The van der Waals surface area contributed by atoms with Gasteiger partial charge in [0.2, 0.25) is 0 Å². The van der Waals surface area contributed by atoms with E-state index in [1.54, 1.807) is 12.1 Å². The Hall–Kier alpha value is -1.77. The summed E-state index contributed by atoms with van der Waals surface area (Å²) in [6.07, 6.45) is 3.41. The highest BCUT2D eigenvalue weighted by molar-refractivity contribution is 7.89. The van der Waals surface area contributed by atoms with Gasteiger partial charge in [0.1, 0.15) is 6.10 Å². The Morgan fingerprint density at radius 1 is 0.970 bits per heavy atom. The molecule has 2 aliphatic heterocycles. The molecule has 0 aliphatic carbocycles. The predicted molar refractivity (Wildman–Crippen MR) is 129 cm³/mol. The Morgan fingerprint density at radius 3 is 2.18 bits per heavy atom. The molecule has 0 aromatic heterocycles. The highest BCUT2D eigenvalue weighted by Crippen LogP contribution is 2.41. The van der Waals surface area contributed by atoms with E-state index in [0.29, 0.717) is 6.42 Å². The molecular formula is C26H36N2O4S. The zero-order chi connectivity index (χ0) is 23.9. The average Bonchev–Trinajstić information content (AvgIpc) is 3.18. The molecule has 0 bridgehead atoms. The van der Waals surface area contributed by atoms with Crippen molar-refractivity contribution < 1.29 is 18.1 Å². The Kier molecular flexibility index (Phi) is 6.73. The summed E-state index contributed by atoms with van der Waals surface area (Å²) in [4.78, 5) is 12.7. The first-order valence-electron chi connectivity index (χ1n) is 11.8. The van der Waals surface area contributed by atoms with E-state index in [-0.39, 0.29) is 28.7 Å². The maximum Gasteiger partial charge on any atom is 0.265 e. The number of aryl methyl sites for hydroxylation is 1. The average molecular weight is 473 g/mol. The van der Waals surface area contributed by atoms with Crippen LogP contribution in [0, 0.1) is 6.92 Å². The first-order valence-corrected chi connectivity index (χ1v) is 13.2. The summed E-state index contributed by atoms with van der Waals surface area (Å²) in [5.41, 5.74) is 1.72. The smallest absolute Gasteiger partial charge is 0.265 e. The van der Waals surface area contributed by atoms with Crippen LogP contribution in [0.2, 0.25) is 0 Å². The summed E-state index contributed by atoms with van der Waals surface area (Å²) < 4.78 is 28.3. The van der Waals surface area contributed by atoms with Crippen LogP contribution in [0.5, 0.6) is 0 Å². The fourth-order valence-electron chi connectivity index (χ4n) is 5.13. The van der Waals surface area contributed by atoms with Crippen LogP contribution < -0.4 is 0 Å². The third-order valence-corrected chi connectivity index (χ3v) is 8.54. The van der Waals surface area contributed by atoms with Gasteiger partial charge < -0.3 is 0 Å². The largest absolute Gasteiger partial charge is 0.296 e. The van der Waals surface area contributed by atoms with Gasteiger partial charge in [-0.3, -0.25) is 9.68 Å². The molecule has 2 heterocycles. The zero-order valence-electron chi connectivity index (χ0n) is 20.3. The van der Waals surface area contributed by atoms with Crippen LogP contribution in [0.25, 0.3) is 0 Å². The summed E-state index contributed by atoms with van der Waals surface area (Å²) in [5.74, 6) is 0. The van der Waals surface area contributed by atoms with Gasteiger partial charge in [-0.2, -0.15) is 5.06 Å². The Labute approximate surface area is 198 Å². The number of benzene rings is 2. The van der Waals surface area contributed by atoms with E-state index in [4.69, 9.17) is 9.68 Å². The topological polar surface area (TPSA) is 59.1 Å². The van der Waals surface area contributed by atoms with Crippen molar-refractivity contribution in [2.75, 3.05) is 6.61 Å². The summed E-state index contributed by atoms with van der Waals surface area (Å²) in [7, 11) is -3.84. The maximum atomic E-state index is 13.6. The molecule has 7 heteroatoms. The van der Waals surface area contributed by atoms with Crippen LogP contribution in [0.1, 0.15) is 70.6 Å². The van der Waals surface area contributed by atoms with Crippen molar-refractivity contribution in [3.8, 4) is 0 Å². The number of sulfonamides is 1. The highest BCUT2D eigenvalue weighted by Gasteiger charge is 2.46. The number of hydrogen-bond donors (Lipinski definition) is 0. The molecule has 2 saturated heterocycles. The van der Waals surface area contributed by atoms with Gasteiger partial charge in [-0.15, -0.1) is 0 Å². The van der Waals surface area contributed by atoms with Crippen molar-refractivity contribution in [2.45, 2.75) is 88.4 Å². The Balaban J connectivity index is 1.61. The van der Waals surface area contributed by atoms with Crippen molar-refractivity contribution in [2.24, 2.45) is 0 Å². The fourth-order valence-corrected chi connectivity index (χ4v) is 6.58. The van der Waals surface area contributed by atoms with E-state index < -0.39 is 16.1 Å². The standard InChI is InChI=1S/C26H36N2O4S/c1-20-12-14-23(15-13-20)33(29,30)27-22(18-24(32-27)21-10-7-6-8-11-21)19-31-28-25(2,3)16-9-17-26(28,4)5/h6-8,10-15,22,24H,9,16-19H2,1-5H3/t22-,24+/m0/s1.